The van der Waals surface area contributed by atoms with Crippen LogP contribution in [-0.4, -0.2) is 17.4 Å². The zero-order chi connectivity index (χ0) is 13.9. The number of nitrogens with two attached hydrogens (primary N) is 1. The first kappa shape index (κ1) is 12.9. The van der Waals surface area contributed by atoms with Gasteiger partial charge in [-0.15, -0.1) is 0 Å². The lowest BCUT2D eigenvalue weighted by atomic mass is 9.85. The van der Waals surface area contributed by atoms with Gasteiger partial charge in [0.25, 0.3) is 5.91 Å². The first-order valence-electron chi connectivity index (χ1n) is 6.92. The van der Waals surface area contributed by atoms with Crippen LogP contribution in [0.1, 0.15) is 29.6 Å². The van der Waals surface area contributed by atoms with Crippen LogP contribution in [0.15, 0.2) is 30.3 Å². The highest BCUT2D eigenvalue weighted by Crippen LogP contribution is 2.25. The number of carbonyl (C=O) groups is 1. The average Bonchev–Trinajstić information content (AvgIpc) is 2.44. The maximum absolute atomic E-state index is 12.4. The number of anilines is 1. The highest BCUT2D eigenvalue weighted by atomic mass is 16.1. The minimum Gasteiger partial charge on any atom is -0.352 e. The molecule has 0 bridgehead atoms. The fraction of sp³-hybridized carbons (Fsp3) is 0.333. The molecular formula is C15H18N4O. The summed E-state index contributed by atoms with van der Waals surface area (Å²) in [5.41, 5.74) is 3.89. The summed E-state index contributed by atoms with van der Waals surface area (Å²) in [5, 5.41) is 3.85. The van der Waals surface area contributed by atoms with Crippen LogP contribution in [-0.2, 0) is 0 Å². The molecule has 5 nitrogen and oxygen atoms in total. The number of rotatable bonds is 4. The molecule has 4 N–H and O–H groups in total. The quantitative estimate of drug-likeness (QED) is 0.587. The van der Waals surface area contributed by atoms with Gasteiger partial charge in [-0.1, -0.05) is 24.6 Å². The predicted octanol–water partition coefficient (Wildman–Crippen LogP) is 2.05. The van der Waals surface area contributed by atoms with Crippen molar-refractivity contribution in [2.24, 2.45) is 11.8 Å². The average molecular weight is 270 g/mol. The van der Waals surface area contributed by atoms with Gasteiger partial charge in [-0.05, 0) is 30.9 Å². The third kappa shape index (κ3) is 2.44. The van der Waals surface area contributed by atoms with Crippen LogP contribution in [0, 0.1) is 5.92 Å². The van der Waals surface area contributed by atoms with E-state index in [0.717, 1.165) is 17.4 Å². The van der Waals surface area contributed by atoms with E-state index in [4.69, 9.17) is 5.84 Å². The largest absolute Gasteiger partial charge is 0.352 e. The summed E-state index contributed by atoms with van der Waals surface area (Å²) < 4.78 is 0. The van der Waals surface area contributed by atoms with Crippen molar-refractivity contribution in [1.82, 2.24) is 10.3 Å². The molecule has 104 valence electrons. The number of fused-ring (bicyclic) bond motifs is 1. The summed E-state index contributed by atoms with van der Waals surface area (Å²) in [6.07, 6.45) is 3.71. The Morgan fingerprint density at radius 2 is 2.15 bits per heavy atom. The molecule has 3 rings (SSSR count). The molecule has 0 unspecified atom stereocenters. The molecule has 1 amide bonds. The second-order valence-electron chi connectivity index (χ2n) is 5.22. The monoisotopic (exact) mass is 270 g/mol. The van der Waals surface area contributed by atoms with Gasteiger partial charge in [0.05, 0.1) is 11.1 Å². The van der Waals surface area contributed by atoms with Crippen molar-refractivity contribution in [2.75, 3.05) is 12.0 Å². The number of hydrogen-bond acceptors (Lipinski definition) is 4. The zero-order valence-corrected chi connectivity index (χ0v) is 11.2. The summed E-state index contributed by atoms with van der Waals surface area (Å²) in [4.78, 5) is 16.7. The van der Waals surface area contributed by atoms with Crippen LogP contribution in [0.2, 0.25) is 0 Å². The van der Waals surface area contributed by atoms with E-state index in [1.807, 2.05) is 24.3 Å². The second-order valence-corrected chi connectivity index (χ2v) is 5.22. The number of hydrogen-bond donors (Lipinski definition) is 3. The Morgan fingerprint density at radius 3 is 2.85 bits per heavy atom. The van der Waals surface area contributed by atoms with Gasteiger partial charge < -0.3 is 10.7 Å². The van der Waals surface area contributed by atoms with Crippen molar-refractivity contribution in [3.8, 4) is 0 Å². The third-order valence-electron chi connectivity index (χ3n) is 3.88. The zero-order valence-electron chi connectivity index (χ0n) is 11.2. The number of hydrazine groups is 1. The molecule has 20 heavy (non-hydrogen) atoms. The molecular weight excluding hydrogens is 252 g/mol. The minimum atomic E-state index is -0.0630. The molecule has 1 aliphatic carbocycles. The maximum Gasteiger partial charge on any atom is 0.252 e. The molecule has 0 radical (unpaired) electrons. The van der Waals surface area contributed by atoms with Crippen molar-refractivity contribution in [3.05, 3.63) is 35.9 Å². The lowest BCUT2D eigenvalue weighted by molar-refractivity contribution is 0.0940. The van der Waals surface area contributed by atoms with Crippen molar-refractivity contribution in [1.29, 1.82) is 0 Å². The van der Waals surface area contributed by atoms with Crippen molar-refractivity contribution in [3.63, 3.8) is 0 Å². The summed E-state index contributed by atoms with van der Waals surface area (Å²) in [6.45, 7) is 0.751. The van der Waals surface area contributed by atoms with Crippen molar-refractivity contribution < 1.29 is 4.79 Å². The fourth-order valence-electron chi connectivity index (χ4n) is 2.47. The summed E-state index contributed by atoms with van der Waals surface area (Å²) in [6, 6.07) is 9.27. The highest BCUT2D eigenvalue weighted by molar-refractivity contribution is 6.06. The minimum absolute atomic E-state index is 0.0630. The Balaban J connectivity index is 1.89. The molecule has 2 aromatic rings. The fourth-order valence-corrected chi connectivity index (χ4v) is 2.47. The number of aromatic nitrogens is 1. The number of benzene rings is 1. The van der Waals surface area contributed by atoms with E-state index < -0.39 is 0 Å². The van der Waals surface area contributed by atoms with Gasteiger partial charge in [0.15, 0.2) is 0 Å². The number of para-hydroxylation sites is 1. The first-order valence-corrected chi connectivity index (χ1v) is 6.92. The van der Waals surface area contributed by atoms with Gasteiger partial charge in [0.2, 0.25) is 0 Å². The second kappa shape index (κ2) is 5.46. The maximum atomic E-state index is 12.4. The molecule has 0 atom stereocenters. The van der Waals surface area contributed by atoms with E-state index in [0.29, 0.717) is 17.3 Å². The van der Waals surface area contributed by atoms with Gasteiger partial charge in [0.1, 0.15) is 5.82 Å². The van der Waals surface area contributed by atoms with E-state index in [9.17, 15) is 4.79 Å². The van der Waals surface area contributed by atoms with Crippen LogP contribution >= 0.6 is 0 Å². The number of nitrogen functional groups attached to an aromatic ring is 1. The molecule has 0 spiro atoms. The molecule has 1 aromatic carbocycles. The molecule has 1 saturated carbocycles. The Hall–Kier alpha value is -2.14. The van der Waals surface area contributed by atoms with Gasteiger partial charge in [-0.25, -0.2) is 10.8 Å². The number of nitrogens with one attached hydrogen (secondary N) is 2. The smallest absolute Gasteiger partial charge is 0.252 e. The number of amides is 1. The lowest BCUT2D eigenvalue weighted by Gasteiger charge is -2.25. The topological polar surface area (TPSA) is 80.0 Å². The predicted molar refractivity (Wildman–Crippen MR) is 79.2 cm³/mol. The Kier molecular flexibility index (Phi) is 3.52. The Morgan fingerprint density at radius 1 is 1.35 bits per heavy atom. The van der Waals surface area contributed by atoms with Crippen LogP contribution in [0.5, 0.6) is 0 Å². The van der Waals surface area contributed by atoms with Crippen LogP contribution in [0.4, 0.5) is 5.82 Å². The van der Waals surface area contributed by atoms with E-state index in [2.05, 4.69) is 15.7 Å². The van der Waals surface area contributed by atoms with Gasteiger partial charge in [-0.3, -0.25) is 4.79 Å². The standard InChI is InChI=1S/C15H18N4O/c16-19-14-8-12(11-6-1-2-7-13(11)18-14)15(20)17-9-10-4-3-5-10/h1-2,6-8,10H,3-5,9,16H2,(H,17,20)(H,18,19). The summed E-state index contributed by atoms with van der Waals surface area (Å²) in [7, 11) is 0. The van der Waals surface area contributed by atoms with Crippen LogP contribution < -0.4 is 16.6 Å². The SMILES string of the molecule is NNc1cc(C(=O)NCC2CCC2)c2ccccc2n1. The molecule has 1 fully saturated rings. The summed E-state index contributed by atoms with van der Waals surface area (Å²) >= 11 is 0. The van der Waals surface area contributed by atoms with E-state index >= 15 is 0 Å². The Bertz CT molecular complexity index is 637. The molecule has 0 aliphatic heterocycles. The molecule has 1 heterocycles. The third-order valence-corrected chi connectivity index (χ3v) is 3.88. The van der Waals surface area contributed by atoms with E-state index in [1.54, 1.807) is 6.07 Å². The molecule has 1 aliphatic rings. The number of nitrogens with zero attached hydrogens (tertiary/aromatic N) is 1. The van der Waals surface area contributed by atoms with Crippen molar-refractivity contribution >= 4 is 22.6 Å². The van der Waals surface area contributed by atoms with E-state index in [-0.39, 0.29) is 5.91 Å². The first-order chi connectivity index (χ1) is 9.78. The van der Waals surface area contributed by atoms with Gasteiger partial charge in [0, 0.05) is 11.9 Å². The Labute approximate surface area is 117 Å². The van der Waals surface area contributed by atoms with E-state index in [1.165, 1.54) is 19.3 Å². The van der Waals surface area contributed by atoms with Gasteiger partial charge in [-0.2, -0.15) is 0 Å². The normalized spacial score (nSPS) is 14.8. The highest BCUT2D eigenvalue weighted by Gasteiger charge is 2.19. The van der Waals surface area contributed by atoms with Gasteiger partial charge >= 0.3 is 0 Å². The lowest BCUT2D eigenvalue weighted by Crippen LogP contribution is -2.32. The molecule has 5 heteroatoms. The number of carbonyl (C=O) groups excluding carboxylic acids is 1. The molecule has 1 aromatic heterocycles. The molecule has 0 saturated heterocycles. The summed E-state index contributed by atoms with van der Waals surface area (Å²) in [5.74, 6) is 6.49. The van der Waals surface area contributed by atoms with Crippen LogP contribution in [0.3, 0.4) is 0 Å². The van der Waals surface area contributed by atoms with Crippen molar-refractivity contribution in [2.45, 2.75) is 19.3 Å². The number of pyridine rings is 1. The van der Waals surface area contributed by atoms with Crippen LogP contribution in [0.25, 0.3) is 10.9 Å².